The lowest BCUT2D eigenvalue weighted by Crippen LogP contribution is -2.75. The molecule has 0 radical (unpaired) electrons. The summed E-state index contributed by atoms with van der Waals surface area (Å²) < 4.78 is 476. The smallest absolute Gasteiger partial charge is 0.302 e. The van der Waals surface area contributed by atoms with Gasteiger partial charge in [0.25, 0.3) is 0 Å². The van der Waals surface area contributed by atoms with E-state index in [-0.39, 0.29) is 0 Å². The SMILES string of the molecule is CC(F)C(F)(F)C(F)(F)C(F)(F)C(F)(F)C(F)(F)C(F)(F)C(F)(F)C(F)(F)OP(=O)(O)OC(F)(F)C(F)(F)C(F)(F)C(F)(F)C(F)(F)C(F)(F)C(F)(F)C(F)(F)C(C)F. The first-order valence-corrected chi connectivity index (χ1v) is 14.4. The third-order valence-corrected chi connectivity index (χ3v) is 7.89. The third kappa shape index (κ3) is 7.37. The second-order valence-electron chi connectivity index (χ2n) is 11.1. The van der Waals surface area contributed by atoms with E-state index in [9.17, 15) is 154 Å². The van der Waals surface area contributed by atoms with Crippen molar-refractivity contribution < 1.29 is 168 Å². The van der Waals surface area contributed by atoms with Crippen LogP contribution in [0, 0.1) is 0 Å². The fraction of sp³-hybridized carbons (Fsp3) is 1.00. The van der Waals surface area contributed by atoms with Crippen molar-refractivity contribution in [1.29, 1.82) is 0 Å². The maximum absolute atomic E-state index is 13.9. The molecule has 39 heteroatoms. The molecule has 0 fully saturated rings. The highest BCUT2D eigenvalue weighted by atomic mass is 31.2. The number of phosphoric acid groups is 1. The fourth-order valence-electron chi connectivity index (χ4n) is 3.28. The van der Waals surface area contributed by atoms with E-state index in [1.807, 2.05) is 0 Å². The molecule has 356 valence electrons. The van der Waals surface area contributed by atoms with E-state index in [1.54, 1.807) is 0 Å². The van der Waals surface area contributed by atoms with E-state index in [4.69, 9.17) is 4.89 Å². The summed E-state index contributed by atoms with van der Waals surface area (Å²) in [6.07, 6.45) is -27.7. The van der Waals surface area contributed by atoms with Crippen LogP contribution in [0.1, 0.15) is 13.8 Å². The summed E-state index contributed by atoms with van der Waals surface area (Å²) in [7, 11) is -9.45. The van der Waals surface area contributed by atoms with Gasteiger partial charge in [0.2, 0.25) is 0 Å². The zero-order chi connectivity index (χ0) is 49.1. The molecule has 0 bridgehead atoms. The Morgan fingerprint density at radius 2 is 0.458 bits per heavy atom. The molecule has 0 saturated heterocycles. The van der Waals surface area contributed by atoms with Crippen LogP contribution in [0.2, 0.25) is 0 Å². The zero-order valence-corrected chi connectivity index (χ0v) is 27.0. The van der Waals surface area contributed by atoms with E-state index in [2.05, 4.69) is 0 Å². The minimum atomic E-state index is -9.56. The van der Waals surface area contributed by atoms with E-state index >= 15 is 0 Å². The van der Waals surface area contributed by atoms with Crippen LogP contribution in [0.5, 0.6) is 0 Å². The van der Waals surface area contributed by atoms with Crippen LogP contribution < -0.4 is 0 Å². The summed E-state index contributed by atoms with van der Waals surface area (Å²) in [5.41, 5.74) is 0. The van der Waals surface area contributed by atoms with Gasteiger partial charge in [-0.2, -0.15) is 140 Å². The highest BCUT2D eigenvalue weighted by Crippen LogP contribution is 2.69. The van der Waals surface area contributed by atoms with Gasteiger partial charge < -0.3 is 4.89 Å². The van der Waals surface area contributed by atoms with Gasteiger partial charge in [0, 0.05) is 0 Å². The Morgan fingerprint density at radius 1 is 0.322 bits per heavy atom. The lowest BCUT2D eigenvalue weighted by Gasteiger charge is -2.44. The van der Waals surface area contributed by atoms with Gasteiger partial charge in [-0.05, 0) is 13.8 Å². The second-order valence-corrected chi connectivity index (χ2v) is 12.4. The molecule has 0 amide bonds. The average Bonchev–Trinajstić information content (AvgIpc) is 2.98. The monoisotopic (exact) mass is 990 g/mol. The van der Waals surface area contributed by atoms with Gasteiger partial charge in [-0.1, -0.05) is 0 Å². The number of hydrogen-bond donors (Lipinski definition) is 1. The molecule has 0 aliphatic carbocycles. The van der Waals surface area contributed by atoms with Crippen LogP contribution in [-0.2, 0) is 13.6 Å². The van der Waals surface area contributed by atoms with Gasteiger partial charge in [0.05, 0.1) is 0 Å². The summed E-state index contributed by atoms with van der Waals surface area (Å²) in [6, 6.07) is 0. The summed E-state index contributed by atoms with van der Waals surface area (Å²) >= 11 is 0. The molecule has 1 N–H and O–H groups in total. The molecule has 0 heterocycles. The predicted molar refractivity (Wildman–Crippen MR) is 112 cm³/mol. The summed E-state index contributed by atoms with van der Waals surface area (Å²) in [6.45, 7) is -1.98. The number of hydrogen-bond acceptors (Lipinski definition) is 3. The van der Waals surface area contributed by atoms with Gasteiger partial charge in [0.15, 0.2) is 12.3 Å². The van der Waals surface area contributed by atoms with Crippen LogP contribution >= 0.6 is 7.82 Å². The summed E-state index contributed by atoms with van der Waals surface area (Å²) in [5.74, 6) is -126. The van der Waals surface area contributed by atoms with E-state index in [1.165, 1.54) is 9.05 Å². The first-order chi connectivity index (χ1) is 24.8. The highest BCUT2D eigenvalue weighted by Gasteiger charge is 2.98. The molecule has 2 atom stereocenters. The van der Waals surface area contributed by atoms with Crippen molar-refractivity contribution in [2.24, 2.45) is 0 Å². The molecule has 2 unspecified atom stereocenters. The molecule has 0 aromatic heterocycles. The van der Waals surface area contributed by atoms with Crippen molar-refractivity contribution in [2.45, 2.75) is 121 Å². The van der Waals surface area contributed by atoms with E-state index in [0.29, 0.717) is 0 Å². The van der Waals surface area contributed by atoms with Gasteiger partial charge in [-0.3, -0.25) is 0 Å². The van der Waals surface area contributed by atoms with Crippen molar-refractivity contribution in [2.75, 3.05) is 0 Å². The Kier molecular flexibility index (Phi) is 13.8. The van der Waals surface area contributed by atoms with Gasteiger partial charge in [-0.15, -0.1) is 0 Å². The Morgan fingerprint density at radius 3 is 0.610 bits per heavy atom. The maximum atomic E-state index is 13.9. The molecule has 0 rings (SSSR count). The van der Waals surface area contributed by atoms with Gasteiger partial charge in [-0.25, -0.2) is 22.4 Å². The van der Waals surface area contributed by atoms with Crippen molar-refractivity contribution in [3.63, 3.8) is 0 Å². The Labute approximate surface area is 298 Å². The Hall–Kier alpha value is -2.27. The minimum Gasteiger partial charge on any atom is -0.302 e. The molecule has 0 aliphatic heterocycles. The van der Waals surface area contributed by atoms with Crippen LogP contribution in [0.25, 0.3) is 0 Å². The second kappa shape index (κ2) is 14.4. The Bertz CT molecular complexity index is 1450. The first-order valence-electron chi connectivity index (χ1n) is 12.9. The van der Waals surface area contributed by atoms with E-state index < -0.39 is 129 Å². The quantitative estimate of drug-likeness (QED) is 0.0975. The number of alkyl halides is 34. The third-order valence-electron chi connectivity index (χ3n) is 6.97. The van der Waals surface area contributed by atoms with Crippen LogP contribution in [-0.4, -0.2) is 112 Å². The molecule has 59 heavy (non-hydrogen) atoms. The normalized spacial score (nSPS) is 18.8. The lowest BCUT2D eigenvalue weighted by atomic mass is 9.88. The van der Waals surface area contributed by atoms with Crippen molar-refractivity contribution in [3.05, 3.63) is 0 Å². The van der Waals surface area contributed by atoms with Crippen LogP contribution in [0.3, 0.4) is 0 Å². The minimum absolute atomic E-state index is 0.988. The highest BCUT2D eigenvalue weighted by molar-refractivity contribution is 7.47. The average molecular weight is 990 g/mol. The maximum Gasteiger partial charge on any atom is 0.482 e. The predicted octanol–water partition coefficient (Wildman–Crippen LogP) is 11.9. The fourth-order valence-corrected chi connectivity index (χ4v) is 4.13. The summed E-state index contributed by atoms with van der Waals surface area (Å²) in [4.78, 5) is 8.57. The molecule has 4 nitrogen and oxygen atoms in total. The Balaban J connectivity index is 7.27. The molecule has 0 aromatic carbocycles. The van der Waals surface area contributed by atoms with E-state index in [0.717, 1.165) is 0 Å². The van der Waals surface area contributed by atoms with Crippen LogP contribution in [0.4, 0.5) is 149 Å². The van der Waals surface area contributed by atoms with Crippen molar-refractivity contribution in [1.82, 2.24) is 0 Å². The van der Waals surface area contributed by atoms with Gasteiger partial charge in [0.1, 0.15) is 0 Å². The standard InChI is InChI=1S/C20H9F34O4P/c1-3(21)5(23,24)7(27,28)9(31,32)11(35,36)13(39,40)15(43,44)17(47,48)19(51,52)57-59(55,56)58-20(53,54)18(49,50)16(45,46)14(41,42)12(37,38)10(33,34)8(29,30)6(25,26)4(2)22/h3-4H,1-2H3,(H,55,56). The summed E-state index contributed by atoms with van der Waals surface area (Å²) in [5, 5.41) is 0. The zero-order valence-electron chi connectivity index (χ0n) is 26.1. The molecule has 0 spiro atoms. The lowest BCUT2D eigenvalue weighted by molar-refractivity contribution is -0.472. The first kappa shape index (κ1) is 56.7. The molecular formula is C20H9F34O4P. The molecular weight excluding hydrogens is 981 g/mol. The van der Waals surface area contributed by atoms with Crippen molar-refractivity contribution in [3.8, 4) is 0 Å². The molecule has 0 aromatic rings. The van der Waals surface area contributed by atoms with Crippen LogP contribution in [0.15, 0.2) is 0 Å². The largest absolute Gasteiger partial charge is 0.482 e. The topological polar surface area (TPSA) is 55.8 Å². The molecule has 0 saturated carbocycles. The molecule has 0 aliphatic rings. The van der Waals surface area contributed by atoms with Crippen molar-refractivity contribution >= 4 is 7.82 Å². The van der Waals surface area contributed by atoms with Gasteiger partial charge >= 0.3 is 103 Å². The number of phosphoric ester groups is 1. The number of halogens is 34. The number of rotatable bonds is 20.